The first-order chi connectivity index (χ1) is 31.0. The fourth-order valence-corrected chi connectivity index (χ4v) is 12.7. The van der Waals surface area contributed by atoms with Gasteiger partial charge in [-0.1, -0.05) is 172 Å². The molecule has 0 bridgehead atoms. The van der Waals surface area contributed by atoms with Crippen molar-refractivity contribution in [1.29, 1.82) is 0 Å². The molecule has 0 saturated carbocycles. The average molecular weight is 869 g/mol. The third-order valence-corrected chi connectivity index (χ3v) is 16.3. The highest BCUT2D eigenvalue weighted by Crippen LogP contribution is 2.42. The summed E-state index contributed by atoms with van der Waals surface area (Å²) in [6, 6.07) is 53.9. The molecule has 0 saturated heterocycles. The van der Waals surface area contributed by atoms with Gasteiger partial charge >= 0.3 is 8.56 Å². The predicted molar refractivity (Wildman–Crippen MR) is 279 cm³/mol. The summed E-state index contributed by atoms with van der Waals surface area (Å²) in [5.41, 5.74) is 24.5. The van der Waals surface area contributed by atoms with Gasteiger partial charge in [0.1, 0.15) is 0 Å². The van der Waals surface area contributed by atoms with Crippen LogP contribution in [-0.2, 0) is 18.3 Å². The van der Waals surface area contributed by atoms with Crippen LogP contribution in [0.1, 0.15) is 93.1 Å². The number of hydrogen-bond acceptors (Lipinski definition) is 2. The fourth-order valence-electron chi connectivity index (χ4n) is 10.6. The highest BCUT2D eigenvalue weighted by Gasteiger charge is 2.40. The van der Waals surface area contributed by atoms with Gasteiger partial charge in [0, 0.05) is 5.19 Å². The molecule has 8 rings (SSSR count). The Labute approximate surface area is 389 Å². The van der Waals surface area contributed by atoms with Gasteiger partial charge in [-0.2, -0.15) is 0 Å². The van der Waals surface area contributed by atoms with Gasteiger partial charge in [-0.3, -0.25) is 0 Å². The van der Waals surface area contributed by atoms with Gasteiger partial charge in [0.25, 0.3) is 0 Å². The molecule has 0 aromatic heterocycles. The van der Waals surface area contributed by atoms with Crippen molar-refractivity contribution in [2.24, 2.45) is 0 Å². The number of rotatable bonds is 10. The summed E-state index contributed by atoms with van der Waals surface area (Å²) >= 11 is 0. The SMILES string of the molecule is Cc1cccc(C)c1-c1cccc(-c2c(C)cccc2C)c1Cc1cc(C(C)(C)C)cc(Cc2c(-c3c(C)cccc3C)cccc2-c2c(C)cccc2C)c1[Si](O)(O)c1ccccc1. The Hall–Kier alpha value is -6.10. The Morgan fingerprint density at radius 2 is 0.646 bits per heavy atom. The lowest BCUT2D eigenvalue weighted by molar-refractivity contribution is 0.400. The van der Waals surface area contributed by atoms with E-state index in [1.165, 1.54) is 106 Å². The van der Waals surface area contributed by atoms with Gasteiger partial charge < -0.3 is 9.59 Å². The van der Waals surface area contributed by atoms with Crippen LogP contribution in [0, 0.1) is 55.4 Å². The first-order valence-corrected chi connectivity index (χ1v) is 25.0. The molecule has 8 aromatic rings. The molecule has 3 heteroatoms. The summed E-state index contributed by atoms with van der Waals surface area (Å²) in [4.78, 5) is 26.5. The van der Waals surface area contributed by atoms with Crippen LogP contribution in [0.5, 0.6) is 0 Å². The lowest BCUT2D eigenvalue weighted by Gasteiger charge is -2.31. The van der Waals surface area contributed by atoms with Crippen LogP contribution < -0.4 is 10.4 Å². The maximum absolute atomic E-state index is 13.3. The summed E-state index contributed by atoms with van der Waals surface area (Å²) in [6.45, 7) is 24.5. The summed E-state index contributed by atoms with van der Waals surface area (Å²) in [6.07, 6.45) is 1.01. The van der Waals surface area contributed by atoms with E-state index >= 15 is 0 Å². The van der Waals surface area contributed by atoms with E-state index in [9.17, 15) is 9.59 Å². The standard InChI is InChI=1S/C62H64O2Si/c1-39-21-15-22-40(2)57(39)51-31-19-32-52(58-41(3)23-16-24-42(58)4)55(51)37-47-35-49(62(9,10)11)36-48(61(47)65(63,64)50-29-13-12-14-30-50)38-56-53(59-43(5)25-17-26-44(59)6)33-20-34-54(56)60-45(7)27-18-28-46(60)8/h12-36,63-64H,37-38H2,1-11H3. The second-order valence-corrected chi connectivity index (χ2v) is 22.0. The first-order valence-electron chi connectivity index (χ1n) is 23.1. The quantitative estimate of drug-likeness (QED) is 0.134. The summed E-state index contributed by atoms with van der Waals surface area (Å²) in [5.74, 6) is 0. The molecule has 0 aliphatic heterocycles. The van der Waals surface area contributed by atoms with Crippen LogP contribution in [0.3, 0.4) is 0 Å². The van der Waals surface area contributed by atoms with Crippen molar-refractivity contribution in [3.05, 3.63) is 224 Å². The molecule has 0 unspecified atom stereocenters. The van der Waals surface area contributed by atoms with Crippen molar-refractivity contribution in [3.8, 4) is 44.5 Å². The molecule has 328 valence electrons. The smallest absolute Gasteiger partial charge is 0.402 e. The van der Waals surface area contributed by atoms with E-state index in [2.05, 4.69) is 197 Å². The monoisotopic (exact) mass is 868 g/mol. The molecular weight excluding hydrogens is 805 g/mol. The van der Waals surface area contributed by atoms with Crippen LogP contribution >= 0.6 is 0 Å². The maximum Gasteiger partial charge on any atom is 0.402 e. The minimum absolute atomic E-state index is 0.243. The van der Waals surface area contributed by atoms with Crippen LogP contribution in [0.2, 0.25) is 0 Å². The Kier molecular flexibility index (Phi) is 12.6. The topological polar surface area (TPSA) is 40.5 Å². The summed E-state index contributed by atoms with van der Waals surface area (Å²) in [5, 5.41) is 1.24. The Morgan fingerprint density at radius 3 is 0.923 bits per heavy atom. The van der Waals surface area contributed by atoms with Gasteiger partial charge in [0.05, 0.1) is 0 Å². The molecule has 0 aliphatic rings. The maximum atomic E-state index is 13.3. The molecule has 65 heavy (non-hydrogen) atoms. The van der Waals surface area contributed by atoms with Crippen molar-refractivity contribution in [1.82, 2.24) is 0 Å². The predicted octanol–water partition coefficient (Wildman–Crippen LogP) is 13.8. The van der Waals surface area contributed by atoms with Gasteiger partial charge in [0.15, 0.2) is 0 Å². The molecule has 0 aliphatic carbocycles. The van der Waals surface area contributed by atoms with E-state index in [1.54, 1.807) is 0 Å². The lowest BCUT2D eigenvalue weighted by atomic mass is 9.79. The molecular formula is C62H64O2Si. The zero-order chi connectivity index (χ0) is 46.4. The Morgan fingerprint density at radius 1 is 0.369 bits per heavy atom. The highest BCUT2D eigenvalue weighted by atomic mass is 28.4. The van der Waals surface area contributed by atoms with E-state index in [4.69, 9.17) is 0 Å². The lowest BCUT2D eigenvalue weighted by Crippen LogP contribution is -2.61. The molecule has 2 nitrogen and oxygen atoms in total. The largest absolute Gasteiger partial charge is 0.404 e. The highest BCUT2D eigenvalue weighted by molar-refractivity contribution is 6.91. The molecule has 0 amide bonds. The van der Waals surface area contributed by atoms with Crippen molar-refractivity contribution >= 4 is 18.9 Å². The third kappa shape index (κ3) is 8.74. The van der Waals surface area contributed by atoms with Crippen LogP contribution in [0.4, 0.5) is 0 Å². The molecule has 0 spiro atoms. The van der Waals surface area contributed by atoms with E-state index < -0.39 is 8.56 Å². The molecule has 0 fully saturated rings. The van der Waals surface area contributed by atoms with Gasteiger partial charge in [-0.15, -0.1) is 0 Å². The van der Waals surface area contributed by atoms with Crippen molar-refractivity contribution in [2.75, 3.05) is 0 Å². The van der Waals surface area contributed by atoms with Crippen molar-refractivity contribution in [2.45, 2.75) is 94.4 Å². The van der Waals surface area contributed by atoms with E-state index in [1.807, 2.05) is 30.3 Å². The van der Waals surface area contributed by atoms with Gasteiger partial charge in [-0.05, 0) is 196 Å². The van der Waals surface area contributed by atoms with E-state index in [-0.39, 0.29) is 5.41 Å². The minimum atomic E-state index is -4.41. The van der Waals surface area contributed by atoms with Crippen LogP contribution in [0.15, 0.2) is 152 Å². The third-order valence-electron chi connectivity index (χ3n) is 13.8. The second kappa shape index (κ2) is 18.1. The Bertz CT molecular complexity index is 2680. The van der Waals surface area contributed by atoms with Gasteiger partial charge in [-0.25, -0.2) is 0 Å². The van der Waals surface area contributed by atoms with Crippen LogP contribution in [0.25, 0.3) is 44.5 Å². The second-order valence-electron chi connectivity index (χ2n) is 19.5. The van der Waals surface area contributed by atoms with Crippen molar-refractivity contribution < 1.29 is 9.59 Å². The zero-order valence-corrected chi connectivity index (χ0v) is 41.2. The van der Waals surface area contributed by atoms with Gasteiger partial charge in [0.2, 0.25) is 0 Å². The molecule has 0 atom stereocenters. The zero-order valence-electron chi connectivity index (χ0n) is 40.2. The number of hydrogen-bond donors (Lipinski definition) is 2. The fraction of sp³-hybridized carbons (Fsp3) is 0.226. The number of benzene rings is 8. The molecule has 0 heterocycles. The summed E-state index contributed by atoms with van der Waals surface area (Å²) in [7, 11) is -4.41. The first kappa shape index (κ1) is 45.5. The molecule has 2 N–H and O–H groups in total. The molecule has 0 radical (unpaired) electrons. The van der Waals surface area contributed by atoms with Crippen molar-refractivity contribution in [3.63, 3.8) is 0 Å². The Balaban J connectivity index is 1.50. The molecule has 8 aromatic carbocycles. The average Bonchev–Trinajstić information content (AvgIpc) is 3.25. The number of aryl methyl sites for hydroxylation is 8. The van der Waals surface area contributed by atoms with E-state index in [0.29, 0.717) is 23.2 Å². The van der Waals surface area contributed by atoms with Crippen LogP contribution in [-0.4, -0.2) is 18.2 Å². The minimum Gasteiger partial charge on any atom is -0.404 e. The van der Waals surface area contributed by atoms with E-state index in [0.717, 1.165) is 11.1 Å². The summed E-state index contributed by atoms with van der Waals surface area (Å²) < 4.78 is 0. The normalized spacial score (nSPS) is 11.9.